The molecule has 2 nitrogen and oxygen atoms in total. The molecular weight excluding hydrogens is 222 g/mol. The average Bonchev–Trinajstić information content (AvgIpc) is 2.87. The highest BCUT2D eigenvalue weighted by atomic mass is 16.5. The minimum absolute atomic E-state index is 0.698. The highest BCUT2D eigenvalue weighted by molar-refractivity contribution is 5.74. The van der Waals surface area contributed by atoms with E-state index in [1.165, 1.54) is 22.4 Å². The van der Waals surface area contributed by atoms with Crippen LogP contribution in [0.25, 0.3) is 11.1 Å². The van der Waals surface area contributed by atoms with Gasteiger partial charge in [-0.15, -0.1) is 0 Å². The Morgan fingerprint density at radius 1 is 1.17 bits per heavy atom. The molecule has 0 saturated heterocycles. The van der Waals surface area contributed by atoms with Crippen molar-refractivity contribution >= 4 is 5.69 Å². The molecule has 92 valence electrons. The zero-order valence-electron chi connectivity index (χ0n) is 10.6. The molecule has 18 heavy (non-hydrogen) atoms. The van der Waals surface area contributed by atoms with Gasteiger partial charge in [0.25, 0.3) is 0 Å². The number of benzene rings is 2. The maximum Gasteiger partial charge on any atom is 0.127 e. The summed E-state index contributed by atoms with van der Waals surface area (Å²) in [7, 11) is 0. The van der Waals surface area contributed by atoms with E-state index in [9.17, 15) is 0 Å². The van der Waals surface area contributed by atoms with Crippen LogP contribution in [0.5, 0.6) is 5.75 Å². The molecule has 0 fully saturated rings. The molecule has 0 spiro atoms. The first-order valence-corrected chi connectivity index (χ1v) is 6.47. The molecule has 1 heterocycles. The lowest BCUT2D eigenvalue weighted by Crippen LogP contribution is -1.94. The summed E-state index contributed by atoms with van der Waals surface area (Å²) in [4.78, 5) is 0. The third kappa shape index (κ3) is 1.94. The average molecular weight is 239 g/mol. The highest BCUT2D eigenvalue weighted by Crippen LogP contribution is 2.33. The fourth-order valence-electron chi connectivity index (χ4n) is 2.46. The summed E-state index contributed by atoms with van der Waals surface area (Å²) in [5.41, 5.74) is 5.09. The molecule has 0 aromatic heterocycles. The molecule has 0 amide bonds. The highest BCUT2D eigenvalue weighted by Gasteiger charge is 2.12. The lowest BCUT2D eigenvalue weighted by molar-refractivity contribution is 0.341. The Kier molecular flexibility index (Phi) is 2.93. The Morgan fingerprint density at radius 3 is 2.94 bits per heavy atom. The van der Waals surface area contributed by atoms with Gasteiger partial charge in [0.15, 0.2) is 0 Å². The molecule has 2 heteroatoms. The summed E-state index contributed by atoms with van der Waals surface area (Å²) in [6, 6.07) is 14.8. The summed E-state index contributed by atoms with van der Waals surface area (Å²) < 4.78 is 5.70. The van der Waals surface area contributed by atoms with Crippen LogP contribution in [0.2, 0.25) is 0 Å². The summed E-state index contributed by atoms with van der Waals surface area (Å²) in [6.07, 6.45) is 1.11. The van der Waals surface area contributed by atoms with Crippen LogP contribution in [0.4, 0.5) is 5.69 Å². The van der Waals surface area contributed by atoms with Gasteiger partial charge in [-0.2, -0.15) is 0 Å². The van der Waals surface area contributed by atoms with E-state index in [1.54, 1.807) is 0 Å². The van der Waals surface area contributed by atoms with Gasteiger partial charge in [-0.25, -0.2) is 0 Å². The van der Waals surface area contributed by atoms with E-state index in [0.717, 1.165) is 18.7 Å². The maximum atomic E-state index is 5.70. The summed E-state index contributed by atoms with van der Waals surface area (Å²) >= 11 is 0. The first-order chi connectivity index (χ1) is 8.88. The molecule has 0 atom stereocenters. The minimum Gasteiger partial charge on any atom is -0.493 e. The predicted molar refractivity (Wildman–Crippen MR) is 75.2 cm³/mol. The first-order valence-electron chi connectivity index (χ1n) is 6.47. The van der Waals surface area contributed by atoms with Crippen LogP contribution in [0.15, 0.2) is 42.5 Å². The SMILES string of the molecule is CCOc1ccccc1-c1ccc2c(c1)CCN2. The van der Waals surface area contributed by atoms with Crippen molar-refractivity contribution in [2.45, 2.75) is 13.3 Å². The molecule has 1 aliphatic rings. The van der Waals surface area contributed by atoms with E-state index in [1.807, 2.05) is 19.1 Å². The van der Waals surface area contributed by atoms with Crippen LogP contribution in [0, 0.1) is 0 Å². The van der Waals surface area contributed by atoms with Crippen LogP contribution < -0.4 is 10.1 Å². The van der Waals surface area contributed by atoms with E-state index >= 15 is 0 Å². The lowest BCUT2D eigenvalue weighted by atomic mass is 10.0. The molecule has 0 unspecified atom stereocenters. The second kappa shape index (κ2) is 4.73. The van der Waals surface area contributed by atoms with Gasteiger partial charge in [0.1, 0.15) is 5.75 Å². The Bertz CT molecular complexity index is 563. The van der Waals surface area contributed by atoms with Gasteiger partial charge in [-0.1, -0.05) is 24.3 Å². The van der Waals surface area contributed by atoms with Gasteiger partial charge in [-0.3, -0.25) is 0 Å². The quantitative estimate of drug-likeness (QED) is 0.881. The number of fused-ring (bicyclic) bond motifs is 1. The monoisotopic (exact) mass is 239 g/mol. The van der Waals surface area contributed by atoms with Crippen molar-refractivity contribution in [2.75, 3.05) is 18.5 Å². The van der Waals surface area contributed by atoms with Crippen molar-refractivity contribution in [3.8, 4) is 16.9 Å². The fraction of sp³-hybridized carbons (Fsp3) is 0.250. The number of para-hydroxylation sites is 1. The third-order valence-corrected chi connectivity index (χ3v) is 3.31. The van der Waals surface area contributed by atoms with Gasteiger partial charge in [-0.05, 0) is 42.7 Å². The second-order valence-corrected chi connectivity index (χ2v) is 4.48. The molecule has 0 bridgehead atoms. The minimum atomic E-state index is 0.698. The normalized spacial score (nSPS) is 12.9. The van der Waals surface area contributed by atoms with E-state index in [-0.39, 0.29) is 0 Å². The summed E-state index contributed by atoms with van der Waals surface area (Å²) in [5.74, 6) is 0.964. The van der Waals surface area contributed by atoms with Crippen LogP contribution in [0.3, 0.4) is 0 Å². The maximum absolute atomic E-state index is 5.70. The van der Waals surface area contributed by atoms with E-state index < -0.39 is 0 Å². The zero-order valence-corrected chi connectivity index (χ0v) is 10.6. The molecule has 0 radical (unpaired) electrons. The van der Waals surface area contributed by atoms with E-state index in [2.05, 4.69) is 35.6 Å². The number of ether oxygens (including phenoxy) is 1. The largest absolute Gasteiger partial charge is 0.493 e. The number of nitrogens with one attached hydrogen (secondary N) is 1. The predicted octanol–water partition coefficient (Wildman–Crippen LogP) is 3.72. The number of hydrogen-bond donors (Lipinski definition) is 1. The topological polar surface area (TPSA) is 21.3 Å². The van der Waals surface area contributed by atoms with Gasteiger partial charge < -0.3 is 10.1 Å². The smallest absolute Gasteiger partial charge is 0.127 e. The van der Waals surface area contributed by atoms with Crippen LogP contribution in [-0.4, -0.2) is 13.2 Å². The lowest BCUT2D eigenvalue weighted by Gasteiger charge is -2.11. The van der Waals surface area contributed by atoms with Gasteiger partial charge >= 0.3 is 0 Å². The van der Waals surface area contributed by atoms with Crippen molar-refractivity contribution in [1.29, 1.82) is 0 Å². The van der Waals surface area contributed by atoms with E-state index in [0.29, 0.717) is 6.61 Å². The van der Waals surface area contributed by atoms with Crippen molar-refractivity contribution in [1.82, 2.24) is 0 Å². The molecule has 1 N–H and O–H groups in total. The second-order valence-electron chi connectivity index (χ2n) is 4.48. The molecule has 3 rings (SSSR count). The molecule has 2 aromatic carbocycles. The number of anilines is 1. The van der Waals surface area contributed by atoms with E-state index in [4.69, 9.17) is 4.74 Å². The third-order valence-electron chi connectivity index (χ3n) is 3.31. The Hall–Kier alpha value is -1.96. The van der Waals surface area contributed by atoms with Crippen LogP contribution >= 0.6 is 0 Å². The molecule has 2 aromatic rings. The summed E-state index contributed by atoms with van der Waals surface area (Å²) in [6.45, 7) is 3.76. The van der Waals surface area contributed by atoms with Gasteiger partial charge in [0, 0.05) is 17.8 Å². The Labute approximate surface area is 108 Å². The molecular formula is C16H17NO. The van der Waals surface area contributed by atoms with Crippen molar-refractivity contribution in [3.05, 3.63) is 48.0 Å². The standard InChI is InChI=1S/C16H17NO/c1-2-18-16-6-4-3-5-14(16)12-7-8-15-13(11-12)9-10-17-15/h3-8,11,17H,2,9-10H2,1H3. The molecule has 0 aliphatic carbocycles. The van der Waals surface area contributed by atoms with Crippen molar-refractivity contribution in [3.63, 3.8) is 0 Å². The van der Waals surface area contributed by atoms with Crippen LogP contribution in [0.1, 0.15) is 12.5 Å². The molecule has 0 saturated carbocycles. The number of rotatable bonds is 3. The van der Waals surface area contributed by atoms with Gasteiger partial charge in [0.2, 0.25) is 0 Å². The molecule has 1 aliphatic heterocycles. The van der Waals surface area contributed by atoms with Crippen molar-refractivity contribution < 1.29 is 4.74 Å². The fourth-order valence-corrected chi connectivity index (χ4v) is 2.46. The Morgan fingerprint density at radius 2 is 2.06 bits per heavy atom. The first kappa shape index (κ1) is 11.1. The Balaban J connectivity index is 2.04. The van der Waals surface area contributed by atoms with Crippen molar-refractivity contribution in [2.24, 2.45) is 0 Å². The number of hydrogen-bond acceptors (Lipinski definition) is 2. The summed E-state index contributed by atoms with van der Waals surface area (Å²) in [5, 5.41) is 3.39. The van der Waals surface area contributed by atoms with Crippen LogP contribution in [-0.2, 0) is 6.42 Å². The van der Waals surface area contributed by atoms with Gasteiger partial charge in [0.05, 0.1) is 6.61 Å². The zero-order chi connectivity index (χ0) is 12.4.